The lowest BCUT2D eigenvalue weighted by atomic mass is 10.2. The van der Waals surface area contributed by atoms with E-state index in [2.05, 4.69) is 26.6 Å². The van der Waals surface area contributed by atoms with Crippen molar-refractivity contribution >= 4 is 44.8 Å². The minimum absolute atomic E-state index is 0.0452. The van der Waals surface area contributed by atoms with Gasteiger partial charge in [-0.3, -0.25) is 0 Å². The number of imidazole rings is 1. The summed E-state index contributed by atoms with van der Waals surface area (Å²) in [7, 11) is 1.82. The number of thioether (sulfide) groups is 1. The van der Waals surface area contributed by atoms with Gasteiger partial charge in [-0.15, -0.1) is 10.2 Å². The molecule has 0 aliphatic carbocycles. The second-order valence-corrected chi connectivity index (χ2v) is 8.21. The topological polar surface area (TPSA) is 113 Å². The highest BCUT2D eigenvalue weighted by molar-refractivity contribution is 8.01. The number of anilines is 1. The largest absolute Gasteiger partial charge is 0.510 e. The Hall–Kier alpha value is -3.29. The summed E-state index contributed by atoms with van der Waals surface area (Å²) in [5, 5.41) is 32.1. The molecule has 0 aliphatic rings. The number of rotatable bonds is 7. The van der Waals surface area contributed by atoms with E-state index >= 15 is 0 Å². The minimum Gasteiger partial charge on any atom is -0.510 e. The van der Waals surface area contributed by atoms with Crippen LogP contribution in [0.1, 0.15) is 11.6 Å². The number of fused-ring (bicyclic) bond motifs is 1. The Labute approximate surface area is 174 Å². The summed E-state index contributed by atoms with van der Waals surface area (Å²) in [6.07, 6.45) is 1.62. The summed E-state index contributed by atoms with van der Waals surface area (Å²) in [5.41, 5.74) is 1.82. The van der Waals surface area contributed by atoms with Gasteiger partial charge in [0, 0.05) is 7.05 Å². The Bertz CT molecular complexity index is 1200. The van der Waals surface area contributed by atoms with Crippen molar-refractivity contribution in [1.29, 1.82) is 5.26 Å². The average molecular weight is 425 g/mol. The van der Waals surface area contributed by atoms with E-state index < -0.39 is 0 Å². The molecule has 8 nitrogen and oxygen atoms in total. The van der Waals surface area contributed by atoms with Crippen LogP contribution in [0.4, 0.5) is 5.13 Å². The van der Waals surface area contributed by atoms with Crippen LogP contribution in [0.3, 0.4) is 0 Å². The van der Waals surface area contributed by atoms with Crippen LogP contribution in [0.5, 0.6) is 0 Å². The highest BCUT2D eigenvalue weighted by Crippen LogP contribution is 2.29. The summed E-state index contributed by atoms with van der Waals surface area (Å²) >= 11 is 2.68. The van der Waals surface area contributed by atoms with Crippen LogP contribution in [0.2, 0.25) is 0 Å². The highest BCUT2D eigenvalue weighted by Gasteiger charge is 2.17. The quantitative estimate of drug-likeness (QED) is 0.258. The van der Waals surface area contributed by atoms with Crippen molar-refractivity contribution in [2.75, 3.05) is 11.1 Å². The van der Waals surface area contributed by atoms with E-state index in [0.717, 1.165) is 16.8 Å². The molecule has 0 amide bonds. The smallest absolute Gasteiger partial charge is 0.206 e. The number of hydrogen-bond acceptors (Lipinski definition) is 9. The molecule has 3 aromatic heterocycles. The van der Waals surface area contributed by atoms with Crippen molar-refractivity contribution in [3.8, 4) is 6.07 Å². The van der Waals surface area contributed by atoms with Gasteiger partial charge in [0.1, 0.15) is 23.2 Å². The molecule has 1 aromatic carbocycles. The highest BCUT2D eigenvalue weighted by atomic mass is 32.2. The molecule has 4 aromatic rings. The first-order valence-electron chi connectivity index (χ1n) is 8.62. The van der Waals surface area contributed by atoms with Gasteiger partial charge in [0.2, 0.25) is 5.13 Å². The first-order valence-corrected chi connectivity index (χ1v) is 10.4. The van der Waals surface area contributed by atoms with Crippen LogP contribution in [-0.4, -0.2) is 30.6 Å². The van der Waals surface area contributed by atoms with Gasteiger partial charge in [0.25, 0.3) is 0 Å². The first kappa shape index (κ1) is 19.0. The maximum absolute atomic E-state index is 10.5. The normalized spacial score (nSPS) is 12.0. The van der Waals surface area contributed by atoms with Crippen LogP contribution in [0.25, 0.3) is 16.6 Å². The number of hydrogen-bond donors (Lipinski definition) is 2. The van der Waals surface area contributed by atoms with Crippen molar-refractivity contribution < 1.29 is 9.52 Å². The van der Waals surface area contributed by atoms with Gasteiger partial charge >= 0.3 is 0 Å². The molecule has 0 radical (unpaired) electrons. The van der Waals surface area contributed by atoms with Crippen LogP contribution >= 0.6 is 23.1 Å². The molecule has 10 heteroatoms. The zero-order valence-electron chi connectivity index (χ0n) is 15.4. The molecular weight excluding hydrogens is 408 g/mol. The molecule has 0 unspecified atom stereocenters. The molecule has 146 valence electrons. The van der Waals surface area contributed by atoms with E-state index in [1.165, 1.54) is 23.1 Å². The molecule has 0 fully saturated rings. The number of allylic oxidation sites excluding steroid dienone is 1. The zero-order chi connectivity index (χ0) is 20.2. The molecule has 0 bridgehead atoms. The number of aromatic nitrogens is 4. The monoisotopic (exact) mass is 424 g/mol. The molecule has 0 atom stereocenters. The Morgan fingerprint density at radius 2 is 2.17 bits per heavy atom. The van der Waals surface area contributed by atoms with Crippen LogP contribution in [0, 0.1) is 11.3 Å². The number of nitrogens with one attached hydrogen (secondary N) is 1. The summed E-state index contributed by atoms with van der Waals surface area (Å²) in [6.45, 7) is 0.517. The Balaban J connectivity index is 1.46. The Kier molecular flexibility index (Phi) is 5.50. The predicted molar refractivity (Wildman–Crippen MR) is 113 cm³/mol. The molecule has 0 aliphatic heterocycles. The number of para-hydroxylation sites is 2. The lowest BCUT2D eigenvalue weighted by Gasteiger charge is -2.04. The number of aliphatic hydroxyl groups excluding tert-OH is 1. The van der Waals surface area contributed by atoms with E-state index in [9.17, 15) is 10.4 Å². The molecule has 0 spiro atoms. The zero-order valence-corrected chi connectivity index (χ0v) is 17.0. The van der Waals surface area contributed by atoms with Gasteiger partial charge < -0.3 is 19.4 Å². The van der Waals surface area contributed by atoms with Crippen LogP contribution in [-0.2, 0) is 13.6 Å². The van der Waals surface area contributed by atoms with Gasteiger partial charge in [0.05, 0.1) is 29.6 Å². The number of aliphatic hydroxyl groups is 1. The minimum atomic E-state index is -0.0452. The van der Waals surface area contributed by atoms with E-state index in [0.29, 0.717) is 21.8 Å². The summed E-state index contributed by atoms with van der Waals surface area (Å²) in [4.78, 5) is 4.48. The molecule has 3 heterocycles. The Morgan fingerprint density at radius 1 is 1.31 bits per heavy atom. The van der Waals surface area contributed by atoms with Gasteiger partial charge in [-0.05, 0) is 24.3 Å². The number of aryl methyl sites for hydroxylation is 1. The molecule has 2 N–H and O–H groups in total. The molecule has 4 rings (SSSR count). The molecule has 0 saturated heterocycles. The number of furan rings is 1. The fraction of sp³-hybridized carbons (Fsp3) is 0.158. The van der Waals surface area contributed by atoms with E-state index in [1.807, 2.05) is 43.4 Å². The van der Waals surface area contributed by atoms with Gasteiger partial charge in [-0.25, -0.2) is 4.98 Å². The third-order valence-electron chi connectivity index (χ3n) is 4.14. The van der Waals surface area contributed by atoms with Gasteiger partial charge in [-0.1, -0.05) is 35.2 Å². The second-order valence-electron chi connectivity index (χ2n) is 6.01. The standard InChI is InChI=1S/C19H16N6O2S2/c1-25-15-7-3-2-6-14(15)22-17(25)13(9-20)16(26)11-28-19-24-23-18(29-19)21-10-12-5-4-8-27-12/h2-8,26H,10-11H2,1H3,(H,21,23)/b16-13-. The average Bonchev–Trinajstić information content (AvgIpc) is 3.47. The van der Waals surface area contributed by atoms with Crippen molar-refractivity contribution in [3.05, 3.63) is 60.0 Å². The fourth-order valence-electron chi connectivity index (χ4n) is 2.73. The van der Waals surface area contributed by atoms with E-state index in [-0.39, 0.29) is 17.1 Å². The first-order chi connectivity index (χ1) is 14.2. The van der Waals surface area contributed by atoms with Gasteiger partial charge in [-0.2, -0.15) is 5.26 Å². The third kappa shape index (κ3) is 4.11. The summed E-state index contributed by atoms with van der Waals surface area (Å²) in [5.74, 6) is 1.39. The van der Waals surface area contributed by atoms with Crippen LogP contribution in [0.15, 0.2) is 57.2 Å². The maximum atomic E-state index is 10.5. The van der Waals surface area contributed by atoms with E-state index in [1.54, 1.807) is 10.8 Å². The van der Waals surface area contributed by atoms with Crippen molar-refractivity contribution in [2.24, 2.45) is 7.05 Å². The Morgan fingerprint density at radius 3 is 2.93 bits per heavy atom. The van der Waals surface area contributed by atoms with Crippen molar-refractivity contribution in [3.63, 3.8) is 0 Å². The van der Waals surface area contributed by atoms with Crippen LogP contribution < -0.4 is 5.32 Å². The number of nitrogens with zero attached hydrogens (tertiary/aromatic N) is 5. The molecular formula is C19H16N6O2S2. The van der Waals surface area contributed by atoms with Crippen molar-refractivity contribution in [1.82, 2.24) is 19.7 Å². The van der Waals surface area contributed by atoms with E-state index in [4.69, 9.17) is 4.42 Å². The molecule has 0 saturated carbocycles. The van der Waals surface area contributed by atoms with Crippen molar-refractivity contribution in [2.45, 2.75) is 10.9 Å². The predicted octanol–water partition coefficient (Wildman–Crippen LogP) is 4.21. The maximum Gasteiger partial charge on any atom is 0.206 e. The van der Waals surface area contributed by atoms with Gasteiger partial charge in [0.15, 0.2) is 10.2 Å². The molecule has 29 heavy (non-hydrogen) atoms. The summed E-state index contributed by atoms with van der Waals surface area (Å²) in [6, 6.07) is 13.4. The second kappa shape index (κ2) is 8.38. The lowest BCUT2D eigenvalue weighted by Crippen LogP contribution is -2.00. The fourth-order valence-corrected chi connectivity index (χ4v) is 4.36. The third-order valence-corrected chi connectivity index (χ3v) is 6.17. The number of benzene rings is 1. The SMILES string of the molecule is Cn1c(/C(C#N)=C(\O)CSc2nnc(NCc3ccco3)s2)nc2ccccc21. The lowest BCUT2D eigenvalue weighted by molar-refractivity contribution is 0.420. The number of nitriles is 1. The summed E-state index contributed by atoms with van der Waals surface area (Å²) < 4.78 is 7.75.